The molecule has 0 amide bonds. The van der Waals surface area contributed by atoms with Gasteiger partial charge in [-0.2, -0.15) is 0 Å². The Morgan fingerprint density at radius 3 is 2.29 bits per heavy atom. The maximum Gasteiger partial charge on any atom is 0.335 e. The monoisotopic (exact) mass is 283 g/mol. The first-order valence-corrected chi connectivity index (χ1v) is 7.14. The number of rotatable bonds is 5. The summed E-state index contributed by atoms with van der Waals surface area (Å²) in [5, 5.41) is 12.6. The molecule has 0 saturated heterocycles. The van der Waals surface area contributed by atoms with E-state index < -0.39 is 5.97 Å². The van der Waals surface area contributed by atoms with Crippen molar-refractivity contribution < 1.29 is 9.90 Å². The topological polar surface area (TPSA) is 49.3 Å². The summed E-state index contributed by atoms with van der Waals surface area (Å²) < 4.78 is 0. The van der Waals surface area contributed by atoms with Gasteiger partial charge in [0.25, 0.3) is 0 Å². The van der Waals surface area contributed by atoms with Crippen LogP contribution in [-0.4, -0.2) is 11.1 Å². The van der Waals surface area contributed by atoms with Gasteiger partial charge >= 0.3 is 5.97 Å². The lowest BCUT2D eigenvalue weighted by Crippen LogP contribution is -2.17. The summed E-state index contributed by atoms with van der Waals surface area (Å²) in [6.07, 6.45) is 0. The van der Waals surface area contributed by atoms with E-state index in [-0.39, 0.29) is 6.04 Å². The van der Waals surface area contributed by atoms with Gasteiger partial charge in [-0.25, -0.2) is 4.79 Å². The largest absolute Gasteiger partial charge is 0.478 e. The number of hydrogen-bond donors (Lipinski definition) is 2. The lowest BCUT2D eigenvalue weighted by atomic mass is 9.95. The minimum atomic E-state index is -0.895. The van der Waals surface area contributed by atoms with Gasteiger partial charge in [-0.3, -0.25) is 0 Å². The normalized spacial score (nSPS) is 12.2. The van der Waals surface area contributed by atoms with E-state index >= 15 is 0 Å². The number of carbonyl (C=O) groups is 1. The second-order valence-electron chi connectivity index (χ2n) is 5.61. The first kappa shape index (κ1) is 15.1. The number of aromatic carboxylic acids is 1. The van der Waals surface area contributed by atoms with Crippen molar-refractivity contribution in [2.24, 2.45) is 5.92 Å². The molecule has 0 aliphatic carbocycles. The summed E-state index contributed by atoms with van der Waals surface area (Å²) in [4.78, 5) is 11.0. The van der Waals surface area contributed by atoms with Gasteiger partial charge in [0.05, 0.1) is 11.6 Å². The van der Waals surface area contributed by atoms with Crippen LogP contribution in [0.5, 0.6) is 0 Å². The van der Waals surface area contributed by atoms with Crippen molar-refractivity contribution in [2.75, 3.05) is 5.32 Å². The van der Waals surface area contributed by atoms with E-state index in [4.69, 9.17) is 5.11 Å². The number of hydrogen-bond acceptors (Lipinski definition) is 2. The third kappa shape index (κ3) is 3.63. The van der Waals surface area contributed by atoms with Gasteiger partial charge in [-0.05, 0) is 42.2 Å². The molecule has 0 aliphatic heterocycles. The highest BCUT2D eigenvalue weighted by atomic mass is 16.4. The van der Waals surface area contributed by atoms with Crippen LogP contribution in [0.3, 0.4) is 0 Å². The Bertz CT molecular complexity index is 620. The summed E-state index contributed by atoms with van der Waals surface area (Å²) >= 11 is 0. The second-order valence-corrected chi connectivity index (χ2v) is 5.61. The Balaban J connectivity index is 2.28. The molecule has 0 fully saturated rings. The van der Waals surface area contributed by atoms with Gasteiger partial charge in [-0.15, -0.1) is 0 Å². The lowest BCUT2D eigenvalue weighted by Gasteiger charge is -2.25. The van der Waals surface area contributed by atoms with Crippen molar-refractivity contribution in [1.82, 2.24) is 0 Å². The van der Waals surface area contributed by atoms with Gasteiger partial charge in [0, 0.05) is 5.69 Å². The smallest absolute Gasteiger partial charge is 0.335 e. The van der Waals surface area contributed by atoms with Gasteiger partial charge < -0.3 is 10.4 Å². The molecule has 1 unspecified atom stereocenters. The van der Waals surface area contributed by atoms with Crippen molar-refractivity contribution in [3.63, 3.8) is 0 Å². The molecule has 1 atom stereocenters. The number of carboxylic acid groups (broad SMARTS) is 1. The Hall–Kier alpha value is -2.29. The third-order valence-electron chi connectivity index (χ3n) is 3.61. The van der Waals surface area contributed by atoms with Crippen LogP contribution >= 0.6 is 0 Å². The Kier molecular flexibility index (Phi) is 4.63. The molecule has 110 valence electrons. The number of carboxylic acids is 1. The van der Waals surface area contributed by atoms with Crippen LogP contribution in [0, 0.1) is 12.8 Å². The van der Waals surface area contributed by atoms with Crippen molar-refractivity contribution in [3.05, 3.63) is 65.2 Å². The van der Waals surface area contributed by atoms with Crippen LogP contribution in [0.25, 0.3) is 0 Å². The molecule has 2 aromatic rings. The van der Waals surface area contributed by atoms with E-state index in [1.807, 2.05) is 31.2 Å². The Morgan fingerprint density at radius 2 is 1.76 bits per heavy atom. The SMILES string of the molecule is Cc1cc(C(=O)O)ccc1NC(c1ccccc1)C(C)C. The molecule has 2 rings (SSSR count). The molecule has 21 heavy (non-hydrogen) atoms. The highest BCUT2D eigenvalue weighted by Crippen LogP contribution is 2.28. The molecular weight excluding hydrogens is 262 g/mol. The van der Waals surface area contributed by atoms with Crippen LogP contribution in [0.2, 0.25) is 0 Å². The summed E-state index contributed by atoms with van der Waals surface area (Å²) in [5.74, 6) is -0.473. The van der Waals surface area contributed by atoms with Crippen molar-refractivity contribution in [2.45, 2.75) is 26.8 Å². The van der Waals surface area contributed by atoms with E-state index in [1.54, 1.807) is 12.1 Å². The molecule has 0 radical (unpaired) electrons. The van der Waals surface area contributed by atoms with E-state index in [0.717, 1.165) is 11.3 Å². The fourth-order valence-corrected chi connectivity index (χ4v) is 2.42. The minimum Gasteiger partial charge on any atom is -0.478 e. The van der Waals surface area contributed by atoms with Gasteiger partial charge in [0.1, 0.15) is 0 Å². The predicted molar refractivity (Wildman–Crippen MR) is 85.8 cm³/mol. The van der Waals surface area contributed by atoms with E-state index in [9.17, 15) is 4.79 Å². The van der Waals surface area contributed by atoms with E-state index in [2.05, 4.69) is 31.3 Å². The zero-order valence-electron chi connectivity index (χ0n) is 12.6. The first-order valence-electron chi connectivity index (χ1n) is 7.14. The molecule has 0 aliphatic rings. The molecule has 0 saturated carbocycles. The molecular formula is C18H21NO2. The molecule has 0 bridgehead atoms. The van der Waals surface area contributed by atoms with Crippen LogP contribution in [-0.2, 0) is 0 Å². The molecule has 3 heteroatoms. The van der Waals surface area contributed by atoms with Crippen molar-refractivity contribution >= 4 is 11.7 Å². The minimum absolute atomic E-state index is 0.195. The van der Waals surface area contributed by atoms with Gasteiger partial charge in [0.15, 0.2) is 0 Å². The summed E-state index contributed by atoms with van der Waals surface area (Å²) in [6.45, 7) is 6.27. The average Bonchev–Trinajstić information content (AvgIpc) is 2.46. The highest BCUT2D eigenvalue weighted by Gasteiger charge is 2.16. The molecule has 3 nitrogen and oxygen atoms in total. The van der Waals surface area contributed by atoms with Crippen LogP contribution in [0.15, 0.2) is 48.5 Å². The van der Waals surface area contributed by atoms with Crippen LogP contribution < -0.4 is 5.32 Å². The zero-order valence-corrected chi connectivity index (χ0v) is 12.6. The fraction of sp³-hybridized carbons (Fsp3) is 0.278. The number of aryl methyl sites for hydroxylation is 1. The Morgan fingerprint density at radius 1 is 1.10 bits per heavy atom. The standard InChI is InChI=1S/C18H21NO2/c1-12(2)17(14-7-5-4-6-8-14)19-16-10-9-15(18(20)21)11-13(16)3/h4-12,17,19H,1-3H3,(H,20,21). The lowest BCUT2D eigenvalue weighted by molar-refractivity contribution is 0.0697. The summed E-state index contributed by atoms with van der Waals surface area (Å²) in [7, 11) is 0. The zero-order chi connectivity index (χ0) is 15.4. The highest BCUT2D eigenvalue weighted by molar-refractivity contribution is 5.88. The molecule has 0 spiro atoms. The quantitative estimate of drug-likeness (QED) is 0.849. The third-order valence-corrected chi connectivity index (χ3v) is 3.61. The summed E-state index contributed by atoms with van der Waals surface area (Å²) in [5.41, 5.74) is 3.46. The first-order chi connectivity index (χ1) is 9.99. The van der Waals surface area contributed by atoms with Gasteiger partial charge in [0.2, 0.25) is 0 Å². The van der Waals surface area contributed by atoms with Crippen molar-refractivity contribution in [1.29, 1.82) is 0 Å². The number of nitrogens with one attached hydrogen (secondary N) is 1. The van der Waals surface area contributed by atoms with E-state index in [0.29, 0.717) is 11.5 Å². The molecule has 0 aromatic heterocycles. The molecule has 2 N–H and O–H groups in total. The number of anilines is 1. The molecule has 0 heterocycles. The maximum atomic E-state index is 11.0. The fourth-order valence-electron chi connectivity index (χ4n) is 2.42. The van der Waals surface area contributed by atoms with E-state index in [1.165, 1.54) is 5.56 Å². The molecule has 2 aromatic carbocycles. The van der Waals surface area contributed by atoms with Gasteiger partial charge in [-0.1, -0.05) is 44.2 Å². The predicted octanol–water partition coefficient (Wildman–Crippen LogP) is 4.50. The van der Waals surface area contributed by atoms with Crippen molar-refractivity contribution in [3.8, 4) is 0 Å². The van der Waals surface area contributed by atoms with Crippen LogP contribution in [0.1, 0.15) is 41.4 Å². The summed E-state index contributed by atoms with van der Waals surface area (Å²) in [6, 6.07) is 15.7. The van der Waals surface area contributed by atoms with Crippen LogP contribution in [0.4, 0.5) is 5.69 Å². The second kappa shape index (κ2) is 6.44. The number of benzene rings is 2. The average molecular weight is 283 g/mol. The Labute approximate surface area is 125 Å². The maximum absolute atomic E-state index is 11.0.